The number of piperazine rings is 1. The van der Waals surface area contributed by atoms with Crippen LogP contribution in [0.1, 0.15) is 41.5 Å². The van der Waals surface area contributed by atoms with Gasteiger partial charge in [-0.25, -0.2) is 4.79 Å². The molecule has 0 aromatic heterocycles. The van der Waals surface area contributed by atoms with Crippen molar-refractivity contribution in [2.45, 2.75) is 59.2 Å². The minimum Gasteiger partial charge on any atom is -0.444 e. The summed E-state index contributed by atoms with van der Waals surface area (Å²) < 4.78 is 5.46. The first-order valence-corrected chi connectivity index (χ1v) is 8.22. The second-order valence-electron chi connectivity index (χ2n) is 7.23. The summed E-state index contributed by atoms with van der Waals surface area (Å²) in [6, 6.07) is 0.0232. The quantitative estimate of drug-likeness (QED) is 0.336. The molecule has 8 nitrogen and oxygen atoms in total. The summed E-state index contributed by atoms with van der Waals surface area (Å²) >= 11 is 0. The van der Waals surface area contributed by atoms with E-state index < -0.39 is 10.5 Å². The van der Waals surface area contributed by atoms with Crippen LogP contribution < -0.4 is 0 Å². The molecule has 1 heterocycles. The van der Waals surface area contributed by atoms with Gasteiger partial charge in [-0.2, -0.15) is 0 Å². The van der Waals surface area contributed by atoms with Crippen LogP contribution in [0.4, 0.5) is 4.79 Å². The molecule has 0 bridgehead atoms. The third-order valence-electron chi connectivity index (χ3n) is 3.89. The lowest BCUT2D eigenvalue weighted by molar-refractivity contribution is -0.425. The number of rotatable bonds is 4. The molecule has 0 radical (unpaired) electrons. The highest BCUT2D eigenvalue weighted by Crippen LogP contribution is 2.22. The molecule has 8 heteroatoms. The van der Waals surface area contributed by atoms with Crippen LogP contribution in [-0.2, 0) is 4.74 Å². The number of amides is 1. The summed E-state index contributed by atoms with van der Waals surface area (Å²) in [5.74, 6) is -0.299. The van der Waals surface area contributed by atoms with Crippen molar-refractivity contribution in [3.8, 4) is 0 Å². The smallest absolute Gasteiger partial charge is 0.410 e. The van der Waals surface area contributed by atoms with E-state index in [1.807, 2.05) is 41.5 Å². The van der Waals surface area contributed by atoms with Crippen molar-refractivity contribution >= 4 is 12.8 Å². The van der Waals surface area contributed by atoms with Crippen molar-refractivity contribution in [2.75, 3.05) is 13.1 Å². The SMILES string of the molecule is C=N/C(=C\C=C(/C)N1C[C@@H](C)N(C(=O)OC(C)(C)C)C[C@@H]1C)[N+](=O)[O-]. The van der Waals surface area contributed by atoms with Crippen LogP contribution in [0.2, 0.25) is 0 Å². The van der Waals surface area contributed by atoms with Gasteiger partial charge in [0.15, 0.2) is 0 Å². The van der Waals surface area contributed by atoms with Gasteiger partial charge in [0.1, 0.15) is 12.3 Å². The number of allylic oxidation sites excluding steroid dienone is 3. The Morgan fingerprint density at radius 1 is 1.24 bits per heavy atom. The molecule has 25 heavy (non-hydrogen) atoms. The lowest BCUT2D eigenvalue weighted by atomic mass is 10.1. The highest BCUT2D eigenvalue weighted by Gasteiger charge is 2.34. The monoisotopic (exact) mass is 352 g/mol. The molecule has 0 N–H and O–H groups in total. The highest BCUT2D eigenvalue weighted by atomic mass is 16.6. The molecular weight excluding hydrogens is 324 g/mol. The van der Waals surface area contributed by atoms with Crippen LogP contribution in [0.3, 0.4) is 0 Å². The summed E-state index contributed by atoms with van der Waals surface area (Å²) in [5.41, 5.74) is 0.334. The summed E-state index contributed by atoms with van der Waals surface area (Å²) in [4.78, 5) is 29.8. The maximum atomic E-state index is 12.3. The fraction of sp³-hybridized carbons (Fsp3) is 0.647. The zero-order valence-electron chi connectivity index (χ0n) is 15.9. The average molecular weight is 352 g/mol. The van der Waals surface area contributed by atoms with Crippen molar-refractivity contribution < 1.29 is 14.5 Å². The fourth-order valence-electron chi connectivity index (χ4n) is 2.66. The van der Waals surface area contributed by atoms with Crippen LogP contribution in [0.15, 0.2) is 28.7 Å². The minimum absolute atomic E-state index is 0.0362. The summed E-state index contributed by atoms with van der Waals surface area (Å²) in [5, 5.41) is 10.8. The minimum atomic E-state index is -0.580. The Hall–Kier alpha value is -2.38. The van der Waals surface area contributed by atoms with E-state index >= 15 is 0 Å². The van der Waals surface area contributed by atoms with E-state index in [0.717, 1.165) is 5.70 Å². The lowest BCUT2D eigenvalue weighted by Crippen LogP contribution is -2.58. The van der Waals surface area contributed by atoms with Crippen LogP contribution >= 0.6 is 0 Å². The molecule has 1 amide bonds. The van der Waals surface area contributed by atoms with Gasteiger partial charge in [0.05, 0.1) is 0 Å². The Morgan fingerprint density at radius 3 is 2.24 bits per heavy atom. The van der Waals surface area contributed by atoms with E-state index in [0.29, 0.717) is 13.1 Å². The van der Waals surface area contributed by atoms with E-state index in [2.05, 4.69) is 16.6 Å². The second kappa shape index (κ2) is 8.13. The molecule has 1 rings (SSSR count). The van der Waals surface area contributed by atoms with Crippen molar-refractivity contribution in [1.82, 2.24) is 9.80 Å². The molecule has 1 aliphatic rings. The predicted octanol–water partition coefficient (Wildman–Crippen LogP) is 3.04. The van der Waals surface area contributed by atoms with E-state index in [-0.39, 0.29) is 24.0 Å². The molecule has 0 aromatic carbocycles. The van der Waals surface area contributed by atoms with Gasteiger partial charge in [0.2, 0.25) is 0 Å². The third-order valence-corrected chi connectivity index (χ3v) is 3.89. The topological polar surface area (TPSA) is 88.3 Å². The van der Waals surface area contributed by atoms with Gasteiger partial charge in [-0.15, -0.1) is 0 Å². The Bertz CT molecular complexity index is 592. The highest BCUT2D eigenvalue weighted by molar-refractivity contribution is 5.68. The van der Waals surface area contributed by atoms with Gasteiger partial charge < -0.3 is 24.7 Å². The molecule has 2 atom stereocenters. The fourth-order valence-corrected chi connectivity index (χ4v) is 2.66. The second-order valence-corrected chi connectivity index (χ2v) is 7.23. The van der Waals surface area contributed by atoms with E-state index in [1.165, 1.54) is 6.08 Å². The number of aliphatic imine (C=N–C) groups is 1. The number of carbonyl (C=O) groups is 1. The number of hydrogen-bond donors (Lipinski definition) is 0. The Labute approximate surface area is 149 Å². The van der Waals surface area contributed by atoms with Crippen LogP contribution in [0.25, 0.3) is 0 Å². The molecule has 0 unspecified atom stereocenters. The number of nitrogens with zero attached hydrogens (tertiary/aromatic N) is 4. The van der Waals surface area contributed by atoms with E-state index in [9.17, 15) is 14.9 Å². The summed E-state index contributed by atoms with van der Waals surface area (Å²) in [6.45, 7) is 15.7. The van der Waals surface area contributed by atoms with Gasteiger partial charge in [-0.05, 0) is 52.5 Å². The number of carbonyl (C=O) groups excluding carboxylic acids is 1. The molecular formula is C17H28N4O4. The molecule has 0 aromatic rings. The maximum Gasteiger partial charge on any atom is 0.410 e. The van der Waals surface area contributed by atoms with Crippen molar-refractivity contribution in [3.63, 3.8) is 0 Å². The number of ether oxygens (including phenoxy) is 1. The largest absolute Gasteiger partial charge is 0.444 e. The molecule has 1 fully saturated rings. The molecule has 0 spiro atoms. The van der Waals surface area contributed by atoms with Crippen LogP contribution in [-0.4, -0.2) is 58.3 Å². The van der Waals surface area contributed by atoms with Gasteiger partial charge >= 0.3 is 11.9 Å². The number of hydrogen-bond acceptors (Lipinski definition) is 6. The Morgan fingerprint density at radius 2 is 1.76 bits per heavy atom. The average Bonchev–Trinajstić information content (AvgIpc) is 2.47. The number of nitro groups is 1. The normalized spacial score (nSPS) is 22.6. The molecule has 0 saturated carbocycles. The van der Waals surface area contributed by atoms with Gasteiger partial charge in [0.25, 0.3) is 0 Å². The molecule has 0 aliphatic carbocycles. The van der Waals surface area contributed by atoms with Gasteiger partial charge in [-0.1, -0.05) is 4.99 Å². The van der Waals surface area contributed by atoms with E-state index in [1.54, 1.807) is 11.0 Å². The zero-order valence-corrected chi connectivity index (χ0v) is 15.9. The van der Waals surface area contributed by atoms with Crippen molar-refractivity contribution in [2.24, 2.45) is 4.99 Å². The molecule has 140 valence electrons. The van der Waals surface area contributed by atoms with Gasteiger partial charge in [-0.3, -0.25) is 0 Å². The molecule has 1 aliphatic heterocycles. The summed E-state index contributed by atoms with van der Waals surface area (Å²) in [7, 11) is 0. The Balaban J connectivity index is 2.87. The summed E-state index contributed by atoms with van der Waals surface area (Å²) in [6.07, 6.45) is 2.67. The first-order valence-electron chi connectivity index (χ1n) is 8.22. The third kappa shape index (κ3) is 5.88. The zero-order chi connectivity index (χ0) is 19.4. The van der Waals surface area contributed by atoms with Crippen molar-refractivity contribution in [3.05, 3.63) is 33.8 Å². The van der Waals surface area contributed by atoms with Crippen molar-refractivity contribution in [1.29, 1.82) is 0 Å². The predicted molar refractivity (Wildman–Crippen MR) is 97.0 cm³/mol. The Kier molecular flexibility index (Phi) is 6.72. The van der Waals surface area contributed by atoms with Gasteiger partial charge in [0, 0.05) is 36.9 Å². The standard InChI is InChI=1S/C17H28N4O4/c1-12(8-9-15(18-7)21(23)24)19-10-14(3)20(11-13(19)2)16(22)25-17(4,5)6/h8-9,13-14H,7,10-11H2,1-6H3/b12-8+,15-9+/t13-,14+/m0/s1. The van der Waals surface area contributed by atoms with Crippen LogP contribution in [0.5, 0.6) is 0 Å². The maximum absolute atomic E-state index is 12.3. The first-order chi connectivity index (χ1) is 11.5. The lowest BCUT2D eigenvalue weighted by Gasteiger charge is -2.45. The molecule has 1 saturated heterocycles. The van der Waals surface area contributed by atoms with Crippen LogP contribution in [0, 0.1) is 10.1 Å². The van der Waals surface area contributed by atoms with E-state index in [4.69, 9.17) is 4.74 Å². The first kappa shape index (κ1) is 20.7.